The average Bonchev–Trinajstić information content (AvgIpc) is 2.66. The first-order valence-corrected chi connectivity index (χ1v) is 6.61. The molecular formula is C12H19BrN2O. The second-order valence-electron chi connectivity index (χ2n) is 4.62. The summed E-state index contributed by atoms with van der Waals surface area (Å²) in [7, 11) is 2.20. The van der Waals surface area contributed by atoms with Crippen LogP contribution in [0.15, 0.2) is 21.2 Å². The fourth-order valence-corrected chi connectivity index (χ4v) is 2.50. The van der Waals surface area contributed by atoms with Gasteiger partial charge < -0.3 is 14.6 Å². The number of hydrogen-bond acceptors (Lipinski definition) is 3. The lowest BCUT2D eigenvalue weighted by Crippen LogP contribution is -2.45. The number of nitrogens with one attached hydrogen (secondary N) is 1. The summed E-state index contributed by atoms with van der Waals surface area (Å²) in [6.45, 7) is 4.28. The Morgan fingerprint density at radius 3 is 3.06 bits per heavy atom. The van der Waals surface area contributed by atoms with Crippen LogP contribution in [0.1, 0.15) is 25.5 Å². The van der Waals surface area contributed by atoms with E-state index in [2.05, 4.69) is 40.1 Å². The number of piperidine rings is 1. The Morgan fingerprint density at radius 1 is 1.62 bits per heavy atom. The molecule has 1 fully saturated rings. The minimum atomic E-state index is 0.614. The van der Waals surface area contributed by atoms with E-state index in [9.17, 15) is 0 Å². The fraction of sp³-hybridized carbons (Fsp3) is 0.667. The van der Waals surface area contributed by atoms with Gasteiger partial charge in [-0.1, -0.05) is 0 Å². The topological polar surface area (TPSA) is 28.4 Å². The Bertz CT molecular complexity index is 340. The molecule has 3 nitrogen and oxygen atoms in total. The van der Waals surface area contributed by atoms with Gasteiger partial charge in [0.2, 0.25) is 0 Å². The average molecular weight is 287 g/mol. The number of furan rings is 1. The molecule has 90 valence electrons. The lowest BCUT2D eigenvalue weighted by atomic mass is 9.99. The Labute approximate surface area is 105 Å². The van der Waals surface area contributed by atoms with Crippen LogP contribution in [0.3, 0.4) is 0 Å². The van der Waals surface area contributed by atoms with E-state index in [0.29, 0.717) is 12.1 Å². The standard InChI is InChI=1S/C12H19BrN2O/c1-9-7-10(3-5-15(9)2)14-8-12-11(13)4-6-16-12/h4,6,9-10,14H,3,5,7-8H2,1-2H3. The smallest absolute Gasteiger partial charge is 0.131 e. The van der Waals surface area contributed by atoms with Gasteiger partial charge in [0.25, 0.3) is 0 Å². The number of likely N-dealkylation sites (tertiary alicyclic amines) is 1. The highest BCUT2D eigenvalue weighted by Crippen LogP contribution is 2.19. The molecule has 1 aliphatic heterocycles. The number of hydrogen-bond donors (Lipinski definition) is 1. The van der Waals surface area contributed by atoms with Gasteiger partial charge in [-0.3, -0.25) is 0 Å². The predicted molar refractivity (Wildman–Crippen MR) is 68.4 cm³/mol. The highest BCUT2D eigenvalue weighted by molar-refractivity contribution is 9.10. The predicted octanol–water partition coefficient (Wildman–Crippen LogP) is 2.61. The highest BCUT2D eigenvalue weighted by atomic mass is 79.9. The van der Waals surface area contributed by atoms with Crippen LogP contribution in [-0.4, -0.2) is 30.6 Å². The van der Waals surface area contributed by atoms with Crippen molar-refractivity contribution in [2.75, 3.05) is 13.6 Å². The molecule has 2 rings (SSSR count). The third-order valence-corrected chi connectivity index (χ3v) is 4.16. The third kappa shape index (κ3) is 2.87. The van der Waals surface area contributed by atoms with E-state index >= 15 is 0 Å². The van der Waals surface area contributed by atoms with Gasteiger partial charge in [0.1, 0.15) is 5.76 Å². The Morgan fingerprint density at radius 2 is 2.44 bits per heavy atom. The zero-order valence-corrected chi connectivity index (χ0v) is 11.5. The summed E-state index contributed by atoms with van der Waals surface area (Å²) in [5.41, 5.74) is 0. The van der Waals surface area contributed by atoms with Gasteiger partial charge in [-0.25, -0.2) is 0 Å². The fourth-order valence-electron chi connectivity index (χ4n) is 2.16. The minimum absolute atomic E-state index is 0.614. The molecule has 16 heavy (non-hydrogen) atoms. The summed E-state index contributed by atoms with van der Waals surface area (Å²) in [5, 5.41) is 3.57. The normalized spacial score (nSPS) is 27.2. The lowest BCUT2D eigenvalue weighted by Gasteiger charge is -2.35. The zero-order valence-electron chi connectivity index (χ0n) is 9.87. The van der Waals surface area contributed by atoms with E-state index < -0.39 is 0 Å². The molecular weight excluding hydrogens is 268 g/mol. The lowest BCUT2D eigenvalue weighted by molar-refractivity contribution is 0.167. The van der Waals surface area contributed by atoms with Crippen molar-refractivity contribution >= 4 is 15.9 Å². The summed E-state index contributed by atoms with van der Waals surface area (Å²) >= 11 is 3.47. The van der Waals surface area contributed by atoms with Gasteiger partial charge in [-0.15, -0.1) is 0 Å². The molecule has 2 atom stereocenters. The summed E-state index contributed by atoms with van der Waals surface area (Å²) < 4.78 is 6.44. The molecule has 4 heteroatoms. The second kappa shape index (κ2) is 5.34. The minimum Gasteiger partial charge on any atom is -0.467 e. The summed E-state index contributed by atoms with van der Waals surface area (Å²) in [5.74, 6) is 0.992. The Hall–Kier alpha value is -0.320. The molecule has 1 aromatic heterocycles. The van der Waals surface area contributed by atoms with Crippen molar-refractivity contribution in [3.8, 4) is 0 Å². The Balaban J connectivity index is 1.81. The first-order chi connectivity index (χ1) is 7.66. The maximum Gasteiger partial charge on any atom is 0.131 e. The van der Waals surface area contributed by atoms with Gasteiger partial charge >= 0.3 is 0 Å². The van der Waals surface area contributed by atoms with Crippen LogP contribution in [0.4, 0.5) is 0 Å². The van der Waals surface area contributed by atoms with E-state index in [1.807, 2.05) is 6.07 Å². The van der Waals surface area contributed by atoms with Gasteiger partial charge in [-0.2, -0.15) is 0 Å². The van der Waals surface area contributed by atoms with Crippen LogP contribution in [0.5, 0.6) is 0 Å². The van der Waals surface area contributed by atoms with Crippen molar-refractivity contribution in [2.24, 2.45) is 0 Å². The molecule has 1 N–H and O–H groups in total. The van der Waals surface area contributed by atoms with Crippen molar-refractivity contribution in [1.29, 1.82) is 0 Å². The van der Waals surface area contributed by atoms with Crippen LogP contribution in [0.2, 0.25) is 0 Å². The molecule has 0 spiro atoms. The third-order valence-electron chi connectivity index (χ3n) is 3.45. The van der Waals surface area contributed by atoms with Crippen molar-refractivity contribution in [3.05, 3.63) is 22.6 Å². The molecule has 0 bridgehead atoms. The monoisotopic (exact) mass is 286 g/mol. The van der Waals surface area contributed by atoms with Gasteiger partial charge in [0, 0.05) is 12.1 Å². The molecule has 0 radical (unpaired) electrons. The first-order valence-electron chi connectivity index (χ1n) is 5.82. The highest BCUT2D eigenvalue weighted by Gasteiger charge is 2.22. The van der Waals surface area contributed by atoms with E-state index in [1.54, 1.807) is 6.26 Å². The molecule has 2 unspecified atom stereocenters. The molecule has 1 saturated heterocycles. The summed E-state index contributed by atoms with van der Waals surface area (Å²) in [6, 6.07) is 3.23. The van der Waals surface area contributed by atoms with Crippen LogP contribution in [-0.2, 0) is 6.54 Å². The van der Waals surface area contributed by atoms with Crippen molar-refractivity contribution < 1.29 is 4.42 Å². The van der Waals surface area contributed by atoms with Crippen LogP contribution in [0, 0.1) is 0 Å². The number of halogens is 1. The van der Waals surface area contributed by atoms with Crippen molar-refractivity contribution in [2.45, 2.75) is 38.4 Å². The van der Waals surface area contributed by atoms with E-state index in [0.717, 1.165) is 16.8 Å². The quantitative estimate of drug-likeness (QED) is 0.926. The zero-order chi connectivity index (χ0) is 11.5. The van der Waals surface area contributed by atoms with Crippen LogP contribution >= 0.6 is 15.9 Å². The molecule has 2 heterocycles. The maximum atomic E-state index is 5.38. The summed E-state index contributed by atoms with van der Waals surface area (Å²) in [6.07, 6.45) is 4.16. The molecule has 1 aliphatic rings. The maximum absolute atomic E-state index is 5.38. The van der Waals surface area contributed by atoms with E-state index in [4.69, 9.17) is 4.42 Å². The van der Waals surface area contributed by atoms with Gasteiger partial charge in [-0.05, 0) is 55.4 Å². The SMILES string of the molecule is CC1CC(NCc2occc2Br)CCN1C. The summed E-state index contributed by atoms with van der Waals surface area (Å²) in [4.78, 5) is 2.42. The van der Waals surface area contributed by atoms with Crippen molar-refractivity contribution in [3.63, 3.8) is 0 Å². The van der Waals surface area contributed by atoms with Crippen LogP contribution in [0.25, 0.3) is 0 Å². The number of rotatable bonds is 3. The number of nitrogens with zero attached hydrogens (tertiary/aromatic N) is 1. The molecule has 0 amide bonds. The van der Waals surface area contributed by atoms with Gasteiger partial charge in [0.05, 0.1) is 17.3 Å². The molecule has 0 aliphatic carbocycles. The molecule has 0 aromatic carbocycles. The molecule has 0 saturated carbocycles. The van der Waals surface area contributed by atoms with E-state index in [1.165, 1.54) is 19.4 Å². The molecule has 1 aromatic rings. The largest absolute Gasteiger partial charge is 0.467 e. The van der Waals surface area contributed by atoms with Crippen molar-refractivity contribution in [1.82, 2.24) is 10.2 Å². The van der Waals surface area contributed by atoms with Gasteiger partial charge in [0.15, 0.2) is 0 Å². The van der Waals surface area contributed by atoms with Crippen LogP contribution < -0.4 is 5.32 Å². The van der Waals surface area contributed by atoms with E-state index in [-0.39, 0.29) is 0 Å². The Kier molecular flexibility index (Phi) is 4.05. The first kappa shape index (κ1) is 12.1. The second-order valence-corrected chi connectivity index (χ2v) is 5.48.